The van der Waals surface area contributed by atoms with E-state index in [9.17, 15) is 4.79 Å². The molecule has 25 heavy (non-hydrogen) atoms. The Morgan fingerprint density at radius 1 is 0.960 bits per heavy atom. The first-order chi connectivity index (χ1) is 12.2. The molecule has 3 fully saturated rings. The summed E-state index contributed by atoms with van der Waals surface area (Å²) < 4.78 is 0. The fourth-order valence-corrected chi connectivity index (χ4v) is 5.16. The van der Waals surface area contributed by atoms with Crippen LogP contribution in [0.3, 0.4) is 0 Å². The zero-order valence-corrected chi connectivity index (χ0v) is 16.4. The van der Waals surface area contributed by atoms with Crippen molar-refractivity contribution in [3.05, 3.63) is 0 Å². The number of hydrogen-bond donors (Lipinski definition) is 2. The smallest absolute Gasteiger partial charge is 0.222 e. The van der Waals surface area contributed by atoms with E-state index in [4.69, 9.17) is 12.2 Å². The number of nitrogens with one attached hydrogen (secondary N) is 2. The number of thiocarbonyl (C=S) groups is 1. The third-order valence-corrected chi connectivity index (χ3v) is 6.70. The van der Waals surface area contributed by atoms with Crippen molar-refractivity contribution in [3.8, 4) is 0 Å². The summed E-state index contributed by atoms with van der Waals surface area (Å²) >= 11 is 5.35. The molecule has 0 aromatic heterocycles. The van der Waals surface area contributed by atoms with E-state index in [1.165, 1.54) is 57.8 Å². The lowest BCUT2D eigenvalue weighted by molar-refractivity contribution is -0.134. The van der Waals surface area contributed by atoms with Gasteiger partial charge in [0.15, 0.2) is 5.11 Å². The molecule has 3 aliphatic rings. The monoisotopic (exact) mass is 365 g/mol. The fourth-order valence-electron chi connectivity index (χ4n) is 4.90. The van der Waals surface area contributed by atoms with Crippen molar-refractivity contribution in [3.63, 3.8) is 0 Å². The van der Waals surface area contributed by atoms with Crippen LogP contribution in [0.5, 0.6) is 0 Å². The average Bonchev–Trinajstić information content (AvgIpc) is 3.13. The Kier molecular flexibility index (Phi) is 7.38. The summed E-state index contributed by atoms with van der Waals surface area (Å²) in [7, 11) is 0. The molecule has 2 unspecified atom stereocenters. The minimum absolute atomic E-state index is 0.371. The second-order valence-corrected chi connectivity index (χ2v) is 8.68. The first-order valence-corrected chi connectivity index (χ1v) is 11.0. The van der Waals surface area contributed by atoms with Crippen LogP contribution in [0.1, 0.15) is 77.0 Å². The van der Waals surface area contributed by atoms with Gasteiger partial charge in [-0.2, -0.15) is 0 Å². The van der Waals surface area contributed by atoms with Gasteiger partial charge in [0, 0.05) is 32.1 Å². The summed E-state index contributed by atoms with van der Waals surface area (Å²) in [5, 5.41) is 7.49. The molecule has 2 aliphatic carbocycles. The summed E-state index contributed by atoms with van der Waals surface area (Å²) in [5.74, 6) is 2.05. The lowest BCUT2D eigenvalue weighted by Gasteiger charge is -2.41. The summed E-state index contributed by atoms with van der Waals surface area (Å²) in [5.41, 5.74) is 0. The quantitative estimate of drug-likeness (QED) is 0.558. The first kappa shape index (κ1) is 18.9. The molecule has 142 valence electrons. The maximum absolute atomic E-state index is 12.5. The molecular weight excluding hydrogens is 330 g/mol. The number of fused-ring (bicyclic) bond motifs is 1. The van der Waals surface area contributed by atoms with Gasteiger partial charge in [0.2, 0.25) is 5.91 Å². The van der Waals surface area contributed by atoms with Gasteiger partial charge in [-0.3, -0.25) is 4.79 Å². The molecule has 0 spiro atoms. The molecule has 4 nitrogen and oxygen atoms in total. The van der Waals surface area contributed by atoms with E-state index >= 15 is 0 Å². The van der Waals surface area contributed by atoms with Gasteiger partial charge in [-0.25, -0.2) is 0 Å². The van der Waals surface area contributed by atoms with Crippen LogP contribution in [0.15, 0.2) is 0 Å². The van der Waals surface area contributed by atoms with Gasteiger partial charge in [0.25, 0.3) is 0 Å². The van der Waals surface area contributed by atoms with Gasteiger partial charge in [-0.05, 0) is 62.6 Å². The molecule has 2 saturated carbocycles. The second-order valence-electron chi connectivity index (χ2n) is 8.27. The Morgan fingerprint density at radius 2 is 1.68 bits per heavy atom. The summed E-state index contributed by atoms with van der Waals surface area (Å²) in [6.45, 7) is 2.89. The number of rotatable bonds is 6. The van der Waals surface area contributed by atoms with E-state index in [1.807, 2.05) is 0 Å². The van der Waals surface area contributed by atoms with Gasteiger partial charge in [0.1, 0.15) is 0 Å². The molecule has 1 amide bonds. The van der Waals surface area contributed by atoms with Crippen molar-refractivity contribution in [1.82, 2.24) is 15.5 Å². The van der Waals surface area contributed by atoms with Crippen LogP contribution < -0.4 is 10.6 Å². The number of piperidine rings is 1. The molecule has 0 bridgehead atoms. The molecule has 1 saturated heterocycles. The minimum atomic E-state index is 0.371. The lowest BCUT2D eigenvalue weighted by Crippen LogP contribution is -2.44. The van der Waals surface area contributed by atoms with Crippen molar-refractivity contribution in [2.24, 2.45) is 11.8 Å². The minimum Gasteiger partial charge on any atom is -0.363 e. The van der Waals surface area contributed by atoms with Crippen LogP contribution in [-0.2, 0) is 4.79 Å². The van der Waals surface area contributed by atoms with E-state index in [2.05, 4.69) is 15.5 Å². The summed E-state index contributed by atoms with van der Waals surface area (Å²) in [6.07, 6.45) is 14.5. The third kappa shape index (κ3) is 5.83. The van der Waals surface area contributed by atoms with Crippen LogP contribution in [-0.4, -0.2) is 41.6 Å². The zero-order chi connectivity index (χ0) is 17.5. The number of unbranched alkanes of at least 4 members (excludes halogenated alkanes) is 1. The molecule has 1 heterocycles. The second kappa shape index (κ2) is 9.75. The number of nitrogens with zero attached hydrogens (tertiary/aromatic N) is 1. The Hall–Kier alpha value is -0.840. The Balaban J connectivity index is 1.24. The predicted molar refractivity (Wildman–Crippen MR) is 106 cm³/mol. The van der Waals surface area contributed by atoms with Gasteiger partial charge < -0.3 is 15.5 Å². The van der Waals surface area contributed by atoms with Crippen molar-refractivity contribution in [1.29, 1.82) is 0 Å². The van der Waals surface area contributed by atoms with E-state index in [0.717, 1.165) is 49.4 Å². The third-order valence-electron chi connectivity index (χ3n) is 6.44. The molecule has 2 atom stereocenters. The van der Waals surface area contributed by atoms with Crippen molar-refractivity contribution in [2.75, 3.05) is 19.6 Å². The number of amides is 1. The maximum atomic E-state index is 12.5. The van der Waals surface area contributed by atoms with Crippen LogP contribution in [0.25, 0.3) is 0 Å². The zero-order valence-electron chi connectivity index (χ0n) is 15.6. The molecule has 3 rings (SSSR count). The molecule has 0 radical (unpaired) electrons. The van der Waals surface area contributed by atoms with Crippen LogP contribution in [0, 0.1) is 11.8 Å². The SMILES string of the molecule is O=C(CCCCNC(=S)NC1CCCC1)N1CCC2CCCCC2C1. The van der Waals surface area contributed by atoms with E-state index < -0.39 is 0 Å². The van der Waals surface area contributed by atoms with E-state index in [-0.39, 0.29) is 0 Å². The average molecular weight is 366 g/mol. The van der Waals surface area contributed by atoms with Crippen molar-refractivity contribution in [2.45, 2.75) is 83.1 Å². The van der Waals surface area contributed by atoms with Crippen LogP contribution >= 0.6 is 12.2 Å². The largest absolute Gasteiger partial charge is 0.363 e. The van der Waals surface area contributed by atoms with Gasteiger partial charge >= 0.3 is 0 Å². The van der Waals surface area contributed by atoms with E-state index in [0.29, 0.717) is 18.4 Å². The number of likely N-dealkylation sites (tertiary alicyclic amines) is 1. The topological polar surface area (TPSA) is 44.4 Å². The summed E-state index contributed by atoms with van der Waals surface area (Å²) in [6, 6.07) is 0.573. The predicted octanol–water partition coefficient (Wildman–Crippen LogP) is 3.60. The first-order valence-electron chi connectivity index (χ1n) is 10.5. The van der Waals surface area contributed by atoms with Gasteiger partial charge in [-0.15, -0.1) is 0 Å². The van der Waals surface area contributed by atoms with Gasteiger partial charge in [0.05, 0.1) is 0 Å². The highest BCUT2D eigenvalue weighted by atomic mass is 32.1. The standard InChI is InChI=1S/C20H35N3OS/c24-19(23-14-12-16-7-1-2-8-17(16)15-23)11-5-6-13-21-20(25)22-18-9-3-4-10-18/h16-18H,1-15H2,(H2,21,22,25). The maximum Gasteiger partial charge on any atom is 0.222 e. The molecule has 2 N–H and O–H groups in total. The van der Waals surface area contributed by atoms with Crippen molar-refractivity contribution >= 4 is 23.2 Å². The highest BCUT2D eigenvalue weighted by Crippen LogP contribution is 2.36. The molecule has 0 aromatic carbocycles. The molecule has 1 aliphatic heterocycles. The lowest BCUT2D eigenvalue weighted by atomic mass is 9.75. The Labute approximate surface area is 158 Å². The number of hydrogen-bond acceptors (Lipinski definition) is 2. The normalized spacial score (nSPS) is 27.0. The highest BCUT2D eigenvalue weighted by molar-refractivity contribution is 7.80. The highest BCUT2D eigenvalue weighted by Gasteiger charge is 2.32. The van der Waals surface area contributed by atoms with Crippen molar-refractivity contribution < 1.29 is 4.79 Å². The molecular formula is C20H35N3OS. The van der Waals surface area contributed by atoms with Crippen LogP contribution in [0.2, 0.25) is 0 Å². The number of carbonyl (C=O) groups is 1. The fraction of sp³-hybridized carbons (Fsp3) is 0.900. The summed E-state index contributed by atoms with van der Waals surface area (Å²) in [4.78, 5) is 14.6. The van der Waals surface area contributed by atoms with Gasteiger partial charge in [-0.1, -0.05) is 32.1 Å². The molecule has 0 aromatic rings. The Morgan fingerprint density at radius 3 is 2.48 bits per heavy atom. The Bertz CT molecular complexity index is 450. The van der Waals surface area contributed by atoms with E-state index in [1.54, 1.807) is 0 Å². The molecule has 5 heteroatoms. The van der Waals surface area contributed by atoms with Crippen LogP contribution in [0.4, 0.5) is 0 Å². The number of carbonyl (C=O) groups excluding carboxylic acids is 1.